The summed E-state index contributed by atoms with van der Waals surface area (Å²) < 4.78 is 87.2. The first-order chi connectivity index (χ1) is 22.2. The van der Waals surface area contributed by atoms with Gasteiger partial charge in [-0.3, -0.25) is 19.2 Å². The predicted molar refractivity (Wildman–Crippen MR) is 153 cm³/mol. The summed E-state index contributed by atoms with van der Waals surface area (Å²) in [4.78, 5) is 74.0. The second-order valence-electron chi connectivity index (χ2n) is 10.3. The van der Waals surface area contributed by atoms with E-state index >= 15 is 0 Å². The molecule has 2 unspecified atom stereocenters. The minimum atomic E-state index is -5.60. The van der Waals surface area contributed by atoms with Gasteiger partial charge in [0.25, 0.3) is 0 Å². The Labute approximate surface area is 266 Å². The van der Waals surface area contributed by atoms with Crippen molar-refractivity contribution in [2.24, 2.45) is 22.9 Å². The van der Waals surface area contributed by atoms with Gasteiger partial charge in [0, 0.05) is 24.5 Å². The van der Waals surface area contributed by atoms with Crippen LogP contribution in [0.5, 0.6) is 11.5 Å². The maximum Gasteiger partial charge on any atom is 0.491 e. The molecular formula is C28H28F6N6O8. The molecule has 2 aromatic carbocycles. The third-order valence-corrected chi connectivity index (χ3v) is 6.86. The zero-order valence-corrected chi connectivity index (χ0v) is 24.5. The second kappa shape index (κ2) is 14.7. The van der Waals surface area contributed by atoms with Crippen LogP contribution in [0.25, 0.3) is 0 Å². The standard InChI is InChI=1S/C28H28F6N6O8/c29-27(30,31)25(45)47-15-7-8-16(48-26(46)28(32,33)34)20-19(15)21(41)17-13(39-9-1-3-11(35)23(37)43)5-6-14(18(17)22(20)42)40-10-2-4-12(36)24(38)44/h5-8,11-12,39-40H,1-4,9-10,35-36H2,(H2,37,43)(H2,38,44). The average Bonchev–Trinajstić information content (AvgIpc) is 2.99. The summed E-state index contributed by atoms with van der Waals surface area (Å²) in [6.07, 6.45) is -10.7. The Morgan fingerprint density at radius 2 is 0.958 bits per heavy atom. The summed E-state index contributed by atoms with van der Waals surface area (Å²) in [7, 11) is 0. The SMILES string of the molecule is NC(=O)C(N)CCCNc1ccc(NCCCC(N)C(N)=O)c2c1C(=O)c1c(OC(=O)C(F)(F)F)ccc(OC(=O)C(F)(F)F)c1C2=O. The fourth-order valence-electron chi connectivity index (χ4n) is 4.49. The first-order valence-corrected chi connectivity index (χ1v) is 13.8. The number of benzene rings is 2. The molecular weight excluding hydrogens is 662 g/mol. The van der Waals surface area contributed by atoms with Crippen LogP contribution in [0.1, 0.15) is 57.5 Å². The van der Waals surface area contributed by atoms with E-state index in [1.165, 1.54) is 12.1 Å². The van der Waals surface area contributed by atoms with Gasteiger partial charge in [-0.25, -0.2) is 9.59 Å². The molecule has 2 aromatic rings. The van der Waals surface area contributed by atoms with Crippen LogP contribution in [0.2, 0.25) is 0 Å². The number of rotatable bonds is 14. The minimum Gasteiger partial charge on any atom is -0.419 e. The number of anilines is 2. The van der Waals surface area contributed by atoms with Crippen molar-refractivity contribution in [2.45, 2.75) is 50.1 Å². The Bertz CT molecular complexity index is 1530. The normalized spacial score (nSPS) is 13.9. The van der Waals surface area contributed by atoms with E-state index in [1.807, 2.05) is 0 Å². The number of hydrogen-bond acceptors (Lipinski definition) is 12. The number of nitrogens with two attached hydrogens (primary N) is 4. The number of ketones is 2. The van der Waals surface area contributed by atoms with Gasteiger partial charge >= 0.3 is 24.3 Å². The molecule has 0 fully saturated rings. The van der Waals surface area contributed by atoms with Gasteiger partial charge in [0.15, 0.2) is 0 Å². The summed E-state index contributed by atoms with van der Waals surface area (Å²) in [6, 6.07) is 1.45. The number of hydrogen-bond donors (Lipinski definition) is 6. The Morgan fingerprint density at radius 3 is 1.25 bits per heavy atom. The molecule has 0 heterocycles. The summed E-state index contributed by atoms with van der Waals surface area (Å²) in [5.41, 5.74) is 18.1. The molecule has 0 aliphatic heterocycles. The van der Waals surface area contributed by atoms with Gasteiger partial charge in [-0.1, -0.05) is 0 Å². The molecule has 1 aliphatic carbocycles. The largest absolute Gasteiger partial charge is 0.491 e. The third-order valence-electron chi connectivity index (χ3n) is 6.86. The number of carbonyl (C=O) groups is 6. The number of primary amides is 2. The number of carbonyl (C=O) groups excluding carboxylic acids is 6. The molecule has 2 amide bonds. The van der Waals surface area contributed by atoms with Gasteiger partial charge in [0.05, 0.1) is 34.3 Å². The van der Waals surface area contributed by atoms with Crippen molar-refractivity contribution in [3.05, 3.63) is 46.5 Å². The van der Waals surface area contributed by atoms with Crippen molar-refractivity contribution in [1.29, 1.82) is 0 Å². The van der Waals surface area contributed by atoms with Crippen molar-refractivity contribution < 1.29 is 64.6 Å². The van der Waals surface area contributed by atoms with Gasteiger partial charge in [-0.05, 0) is 49.9 Å². The lowest BCUT2D eigenvalue weighted by Crippen LogP contribution is -2.36. The van der Waals surface area contributed by atoms with E-state index in [0.29, 0.717) is 12.1 Å². The van der Waals surface area contributed by atoms with Crippen LogP contribution < -0.4 is 43.0 Å². The lowest BCUT2D eigenvalue weighted by atomic mass is 9.81. The van der Waals surface area contributed by atoms with Crippen molar-refractivity contribution >= 4 is 46.7 Å². The predicted octanol–water partition coefficient (Wildman–Crippen LogP) is 1.41. The summed E-state index contributed by atoms with van der Waals surface area (Å²) in [5.74, 6) is -12.2. The molecule has 3 rings (SSSR count). The fraction of sp³-hybridized carbons (Fsp3) is 0.357. The molecule has 14 nitrogen and oxygen atoms in total. The smallest absolute Gasteiger partial charge is 0.419 e. The molecule has 0 saturated heterocycles. The van der Waals surface area contributed by atoms with Crippen molar-refractivity contribution in [3.63, 3.8) is 0 Å². The van der Waals surface area contributed by atoms with Gasteiger partial charge in [-0.2, -0.15) is 26.3 Å². The zero-order valence-electron chi connectivity index (χ0n) is 24.5. The van der Waals surface area contributed by atoms with E-state index < -0.39 is 93.5 Å². The number of nitrogens with one attached hydrogen (secondary N) is 2. The number of halogens is 6. The summed E-state index contributed by atoms with van der Waals surface area (Å²) >= 11 is 0. The monoisotopic (exact) mass is 690 g/mol. The van der Waals surface area contributed by atoms with Crippen LogP contribution in [-0.2, 0) is 19.2 Å². The zero-order chi connectivity index (χ0) is 36.1. The van der Waals surface area contributed by atoms with Crippen LogP contribution in [0, 0.1) is 0 Å². The van der Waals surface area contributed by atoms with Gasteiger partial charge in [0.2, 0.25) is 23.4 Å². The van der Waals surface area contributed by atoms with Gasteiger partial charge < -0.3 is 43.0 Å². The van der Waals surface area contributed by atoms with E-state index in [-0.39, 0.29) is 50.1 Å². The molecule has 10 N–H and O–H groups in total. The Kier molecular flexibility index (Phi) is 11.4. The number of fused-ring (bicyclic) bond motifs is 2. The molecule has 0 aromatic heterocycles. The van der Waals surface area contributed by atoms with Crippen molar-refractivity contribution in [2.75, 3.05) is 23.7 Å². The molecule has 20 heteroatoms. The quantitative estimate of drug-likeness (QED) is 0.0608. The van der Waals surface area contributed by atoms with E-state index in [9.17, 15) is 55.1 Å². The highest BCUT2D eigenvalue weighted by atomic mass is 19.4. The number of alkyl halides is 6. The molecule has 2 atom stereocenters. The lowest BCUT2D eigenvalue weighted by Gasteiger charge is -2.26. The first kappa shape index (κ1) is 37.2. The topological polar surface area (TPSA) is 249 Å². The number of amides is 2. The molecule has 260 valence electrons. The molecule has 48 heavy (non-hydrogen) atoms. The average molecular weight is 691 g/mol. The van der Waals surface area contributed by atoms with Crippen LogP contribution in [0.4, 0.5) is 37.7 Å². The highest BCUT2D eigenvalue weighted by Crippen LogP contribution is 2.44. The third kappa shape index (κ3) is 8.56. The first-order valence-electron chi connectivity index (χ1n) is 13.8. The van der Waals surface area contributed by atoms with Crippen LogP contribution in [0.15, 0.2) is 24.3 Å². The van der Waals surface area contributed by atoms with Gasteiger partial charge in [-0.15, -0.1) is 0 Å². The maximum atomic E-state index is 14.0. The van der Waals surface area contributed by atoms with E-state index in [4.69, 9.17) is 22.9 Å². The Balaban J connectivity index is 2.17. The highest BCUT2D eigenvalue weighted by molar-refractivity contribution is 6.33. The Morgan fingerprint density at radius 1 is 0.625 bits per heavy atom. The van der Waals surface area contributed by atoms with Crippen molar-refractivity contribution in [3.8, 4) is 11.5 Å². The fourth-order valence-corrected chi connectivity index (χ4v) is 4.49. The van der Waals surface area contributed by atoms with Crippen LogP contribution in [-0.4, -0.2) is 72.8 Å². The number of esters is 2. The van der Waals surface area contributed by atoms with Crippen LogP contribution >= 0.6 is 0 Å². The molecule has 0 bridgehead atoms. The molecule has 0 spiro atoms. The van der Waals surface area contributed by atoms with E-state index in [0.717, 1.165) is 0 Å². The van der Waals surface area contributed by atoms with Gasteiger partial charge in [0.1, 0.15) is 11.5 Å². The molecule has 0 saturated carbocycles. The number of ether oxygens (including phenoxy) is 2. The highest BCUT2D eigenvalue weighted by Gasteiger charge is 2.46. The second-order valence-corrected chi connectivity index (χ2v) is 10.3. The summed E-state index contributed by atoms with van der Waals surface area (Å²) in [6.45, 7) is -0.00262. The van der Waals surface area contributed by atoms with Crippen molar-refractivity contribution in [1.82, 2.24) is 0 Å². The van der Waals surface area contributed by atoms with E-state index in [2.05, 4.69) is 20.1 Å². The summed E-state index contributed by atoms with van der Waals surface area (Å²) in [5, 5.41) is 5.65. The lowest BCUT2D eigenvalue weighted by molar-refractivity contribution is -0.190. The maximum absolute atomic E-state index is 14.0. The minimum absolute atomic E-state index is 0.00131. The molecule has 1 aliphatic rings. The Hall–Kier alpha value is -5.24. The molecule has 0 radical (unpaired) electrons. The van der Waals surface area contributed by atoms with E-state index in [1.54, 1.807) is 0 Å². The van der Waals surface area contributed by atoms with Crippen LogP contribution in [0.3, 0.4) is 0 Å².